The van der Waals surface area contributed by atoms with Crippen LogP contribution in [0.5, 0.6) is 17.2 Å². The Bertz CT molecular complexity index is 1340. The van der Waals surface area contributed by atoms with Gasteiger partial charge in [0.05, 0.1) is 26.2 Å². The summed E-state index contributed by atoms with van der Waals surface area (Å²) in [4.78, 5) is 39.0. The van der Waals surface area contributed by atoms with E-state index in [1.165, 1.54) is 32.4 Å². The molecule has 10 nitrogen and oxygen atoms in total. The van der Waals surface area contributed by atoms with Crippen LogP contribution in [0, 0.1) is 0 Å². The normalized spacial score (nSPS) is 11.6. The van der Waals surface area contributed by atoms with Gasteiger partial charge in [0.25, 0.3) is 5.91 Å². The van der Waals surface area contributed by atoms with Crippen LogP contribution in [0.1, 0.15) is 27.9 Å². The molecule has 0 bridgehead atoms. The lowest BCUT2D eigenvalue weighted by atomic mass is 10.1. The second kappa shape index (κ2) is 18.1. The molecule has 0 aliphatic rings. The number of carbonyl (C=O) groups excluding carboxylic acids is 3. The first-order valence-electron chi connectivity index (χ1n) is 13.3. The van der Waals surface area contributed by atoms with Gasteiger partial charge in [-0.2, -0.15) is 0 Å². The van der Waals surface area contributed by atoms with E-state index in [4.69, 9.17) is 29.4 Å². The van der Waals surface area contributed by atoms with Crippen molar-refractivity contribution in [3.8, 4) is 17.2 Å². The smallest absolute Gasteiger partial charge is 0.329 e. The van der Waals surface area contributed by atoms with Crippen LogP contribution in [0.3, 0.4) is 0 Å². The summed E-state index contributed by atoms with van der Waals surface area (Å²) in [5.41, 5.74) is 8.13. The lowest BCUT2D eigenvalue weighted by Gasteiger charge is -2.20. The summed E-state index contributed by atoms with van der Waals surface area (Å²) in [7, 11) is 2.88. The van der Waals surface area contributed by atoms with Crippen LogP contribution in [0.2, 0.25) is 0 Å². The summed E-state index contributed by atoms with van der Waals surface area (Å²) in [6.45, 7) is 3.50. The highest BCUT2D eigenvalue weighted by Gasteiger charge is 2.29. The third kappa shape index (κ3) is 11.0. The zero-order valence-electron chi connectivity index (χ0n) is 24.2. The molecule has 0 heterocycles. The number of halogens is 1. The molecule has 0 fully saturated rings. The molecule has 230 valence electrons. The average Bonchev–Trinajstić information content (AvgIpc) is 3.01. The topological polar surface area (TPSA) is 135 Å². The zero-order chi connectivity index (χ0) is 30.3. The lowest BCUT2D eigenvalue weighted by molar-refractivity contribution is -0.152. The van der Waals surface area contributed by atoms with Crippen molar-refractivity contribution in [2.45, 2.75) is 31.5 Å². The van der Waals surface area contributed by atoms with Gasteiger partial charge >= 0.3 is 11.9 Å². The van der Waals surface area contributed by atoms with Crippen molar-refractivity contribution in [1.29, 1.82) is 0 Å². The molecule has 43 heavy (non-hydrogen) atoms. The number of rotatable bonds is 16. The monoisotopic (exact) mass is 612 g/mol. The summed E-state index contributed by atoms with van der Waals surface area (Å²) >= 11 is 0. The van der Waals surface area contributed by atoms with E-state index in [9.17, 15) is 14.4 Å². The van der Waals surface area contributed by atoms with Gasteiger partial charge in [0.1, 0.15) is 31.6 Å². The van der Waals surface area contributed by atoms with E-state index in [-0.39, 0.29) is 55.3 Å². The van der Waals surface area contributed by atoms with Crippen LogP contribution >= 0.6 is 12.4 Å². The van der Waals surface area contributed by atoms with Gasteiger partial charge in [0.15, 0.2) is 11.5 Å². The largest absolute Gasteiger partial charge is 0.493 e. The van der Waals surface area contributed by atoms with Crippen molar-refractivity contribution in [1.82, 2.24) is 5.32 Å². The van der Waals surface area contributed by atoms with Crippen molar-refractivity contribution in [3.63, 3.8) is 0 Å². The first-order valence-corrected chi connectivity index (χ1v) is 13.3. The highest BCUT2D eigenvalue weighted by molar-refractivity contribution is 6.00. The highest BCUT2D eigenvalue weighted by atomic mass is 35.5. The van der Waals surface area contributed by atoms with Gasteiger partial charge in [-0.25, -0.2) is 4.79 Å². The first-order chi connectivity index (χ1) is 20.3. The summed E-state index contributed by atoms with van der Waals surface area (Å²) in [5, 5.41) is 2.59. The molecule has 3 rings (SSSR count). The van der Waals surface area contributed by atoms with Gasteiger partial charge in [0, 0.05) is 18.2 Å². The summed E-state index contributed by atoms with van der Waals surface area (Å²) in [6, 6.07) is 19.9. The fourth-order valence-corrected chi connectivity index (χ4v) is 3.97. The molecule has 0 saturated heterocycles. The van der Waals surface area contributed by atoms with Crippen molar-refractivity contribution >= 4 is 30.3 Å². The van der Waals surface area contributed by atoms with Crippen LogP contribution in [0.15, 0.2) is 85.5 Å². The Morgan fingerprint density at radius 3 is 2.09 bits per heavy atom. The Balaban J connectivity index is 0.00000645. The number of hydrogen-bond donors (Lipinski definition) is 2. The number of carbonyl (C=O) groups is 3. The van der Waals surface area contributed by atoms with Gasteiger partial charge in [-0.3, -0.25) is 9.59 Å². The summed E-state index contributed by atoms with van der Waals surface area (Å²) < 4.78 is 27.2. The van der Waals surface area contributed by atoms with Gasteiger partial charge < -0.3 is 34.7 Å². The van der Waals surface area contributed by atoms with Crippen LogP contribution in [0.25, 0.3) is 0 Å². The Kier molecular flexibility index (Phi) is 14.6. The molecule has 2 atom stereocenters. The number of amides is 1. The predicted molar refractivity (Wildman–Crippen MR) is 164 cm³/mol. The number of benzene rings is 3. The van der Waals surface area contributed by atoms with Crippen LogP contribution in [-0.2, 0) is 32.1 Å². The Hall–Kier alpha value is -4.54. The Labute approximate surface area is 257 Å². The van der Waals surface area contributed by atoms with Crippen LogP contribution in [0.4, 0.5) is 0 Å². The van der Waals surface area contributed by atoms with Gasteiger partial charge in [-0.05, 0) is 17.5 Å². The van der Waals surface area contributed by atoms with Crippen LogP contribution in [-0.4, -0.2) is 57.4 Å². The van der Waals surface area contributed by atoms with Crippen molar-refractivity contribution in [2.24, 2.45) is 5.73 Å². The molecule has 3 aromatic carbocycles. The number of hydrogen-bond acceptors (Lipinski definition) is 9. The average molecular weight is 613 g/mol. The van der Waals surface area contributed by atoms with E-state index >= 15 is 0 Å². The van der Waals surface area contributed by atoms with E-state index in [1.807, 2.05) is 36.4 Å². The van der Waals surface area contributed by atoms with Gasteiger partial charge in [0.2, 0.25) is 0 Å². The van der Waals surface area contributed by atoms with Crippen molar-refractivity contribution in [2.75, 3.05) is 27.4 Å². The van der Waals surface area contributed by atoms with E-state index in [0.717, 1.165) is 11.1 Å². The second-order valence-electron chi connectivity index (χ2n) is 9.26. The maximum atomic E-state index is 13.6. The van der Waals surface area contributed by atoms with E-state index in [0.29, 0.717) is 12.2 Å². The third-order valence-electron chi connectivity index (χ3n) is 6.07. The Morgan fingerprint density at radius 2 is 1.49 bits per heavy atom. The number of ether oxygens (including phenoxy) is 5. The second-order valence-corrected chi connectivity index (χ2v) is 9.26. The molecule has 3 aromatic rings. The molecule has 11 heteroatoms. The van der Waals surface area contributed by atoms with Gasteiger partial charge in [-0.1, -0.05) is 73.3 Å². The molecule has 3 N–H and O–H groups in total. The lowest BCUT2D eigenvalue weighted by Crippen LogP contribution is -2.43. The number of nitrogens with one attached hydrogen (secondary N) is 1. The third-order valence-corrected chi connectivity index (χ3v) is 6.07. The molecule has 0 aliphatic carbocycles. The Morgan fingerprint density at radius 1 is 0.884 bits per heavy atom. The quantitative estimate of drug-likeness (QED) is 0.181. The molecule has 0 saturated carbocycles. The molecule has 2 unspecified atom stereocenters. The predicted octanol–water partition coefficient (Wildman–Crippen LogP) is 4.04. The molecule has 0 aliphatic heterocycles. The maximum Gasteiger partial charge on any atom is 0.329 e. The fourth-order valence-electron chi connectivity index (χ4n) is 3.97. The van der Waals surface area contributed by atoms with E-state index < -0.39 is 30.3 Å². The summed E-state index contributed by atoms with van der Waals surface area (Å²) in [6.07, 6.45) is 1.49. The first kappa shape index (κ1) is 34.7. The maximum absolute atomic E-state index is 13.6. The molecule has 0 spiro atoms. The minimum atomic E-state index is -1.35. The molecule has 1 amide bonds. The minimum absolute atomic E-state index is 0. The number of nitrogens with two attached hydrogens (primary N) is 1. The number of methoxy groups -OCH3 is 2. The van der Waals surface area contributed by atoms with E-state index in [2.05, 4.69) is 11.9 Å². The fraction of sp³-hybridized carbons (Fsp3) is 0.281. The molecule has 0 radical (unpaired) electrons. The van der Waals surface area contributed by atoms with Gasteiger partial charge in [-0.15, -0.1) is 12.4 Å². The van der Waals surface area contributed by atoms with Crippen molar-refractivity contribution < 1.29 is 38.1 Å². The highest BCUT2D eigenvalue weighted by Crippen LogP contribution is 2.35. The molecule has 0 aromatic heterocycles. The number of esters is 2. The molecular weight excluding hydrogens is 576 g/mol. The standard InChI is InChI=1S/C32H36N2O8.ClH/c1-4-15-40-30(35)18-26(32(37)42-20-23-13-9-6-10-14-23)34-31(36)25-17-28(38-2)29(39-3)19-27(25)41-21-24(33)16-22-11-7-5-8-12-22;/h4-14,17,19,24,26H,1,15-16,18,20-21,33H2,2-3H3,(H,34,36);1H. The van der Waals surface area contributed by atoms with Crippen LogP contribution < -0.4 is 25.3 Å². The van der Waals surface area contributed by atoms with Crippen molar-refractivity contribution in [3.05, 3.63) is 102 Å². The molecular formula is C32H37ClN2O8. The van der Waals surface area contributed by atoms with E-state index in [1.54, 1.807) is 24.3 Å². The zero-order valence-corrected chi connectivity index (χ0v) is 25.0. The SMILES string of the molecule is C=CCOC(=O)CC(NC(=O)c1cc(OC)c(OC)cc1OCC(N)Cc1ccccc1)C(=O)OCc1ccccc1.Cl. The summed E-state index contributed by atoms with van der Waals surface area (Å²) in [5.74, 6) is -1.49. The minimum Gasteiger partial charge on any atom is -0.493 e.